The maximum Gasteiger partial charge on any atom is 0.309 e. The highest BCUT2D eigenvalue weighted by Gasteiger charge is 2.52. The lowest BCUT2D eigenvalue weighted by molar-refractivity contribution is -0.142. The van der Waals surface area contributed by atoms with Crippen molar-refractivity contribution in [3.63, 3.8) is 0 Å². The molecule has 0 aromatic rings. The molecule has 1 saturated heterocycles. The Morgan fingerprint density at radius 3 is 3.00 bits per heavy atom. The molecule has 0 radical (unpaired) electrons. The van der Waals surface area contributed by atoms with E-state index in [0.29, 0.717) is 24.4 Å². The van der Waals surface area contributed by atoms with Gasteiger partial charge in [-0.2, -0.15) is 0 Å². The third-order valence-electron chi connectivity index (χ3n) is 3.31. The fraction of sp³-hybridized carbons (Fsp3) is 0.667. The standard InChI is InChI=1S/C9H10O2/c10-9-8-6-2-1-5(3-6)7(8)4-11-9/h1-2,5-8H,3-4H2/t5-,6+,7+,8+/m0/s1. The van der Waals surface area contributed by atoms with Crippen molar-refractivity contribution in [2.45, 2.75) is 6.42 Å². The molecular weight excluding hydrogens is 140 g/mol. The van der Waals surface area contributed by atoms with E-state index in [2.05, 4.69) is 12.2 Å². The number of rotatable bonds is 0. The van der Waals surface area contributed by atoms with Gasteiger partial charge in [-0.25, -0.2) is 0 Å². The zero-order chi connectivity index (χ0) is 7.42. The summed E-state index contributed by atoms with van der Waals surface area (Å²) in [5.41, 5.74) is 0. The molecule has 3 aliphatic rings. The second kappa shape index (κ2) is 1.68. The molecule has 2 fully saturated rings. The van der Waals surface area contributed by atoms with Gasteiger partial charge in [-0.1, -0.05) is 12.2 Å². The van der Waals surface area contributed by atoms with Crippen LogP contribution in [0.5, 0.6) is 0 Å². The molecule has 1 heterocycles. The molecule has 1 aliphatic heterocycles. The van der Waals surface area contributed by atoms with Crippen LogP contribution in [-0.4, -0.2) is 12.6 Å². The monoisotopic (exact) mass is 150 g/mol. The van der Waals surface area contributed by atoms with Crippen molar-refractivity contribution in [2.24, 2.45) is 23.7 Å². The van der Waals surface area contributed by atoms with E-state index in [0.717, 1.165) is 0 Å². The van der Waals surface area contributed by atoms with Crippen LogP contribution >= 0.6 is 0 Å². The molecule has 2 aliphatic carbocycles. The fourth-order valence-corrected chi connectivity index (χ4v) is 2.78. The summed E-state index contributed by atoms with van der Waals surface area (Å²) in [6.07, 6.45) is 5.65. The van der Waals surface area contributed by atoms with Crippen LogP contribution < -0.4 is 0 Å². The summed E-state index contributed by atoms with van der Waals surface area (Å²) in [5, 5.41) is 0. The highest BCUT2D eigenvalue weighted by Crippen LogP contribution is 2.50. The number of allylic oxidation sites excluding steroid dienone is 2. The molecule has 0 unspecified atom stereocenters. The van der Waals surface area contributed by atoms with Crippen molar-refractivity contribution in [3.05, 3.63) is 12.2 Å². The Labute approximate surface area is 65.2 Å². The minimum absolute atomic E-state index is 0.0480. The molecule has 11 heavy (non-hydrogen) atoms. The number of cyclic esters (lactones) is 1. The van der Waals surface area contributed by atoms with Gasteiger partial charge in [-0.05, 0) is 18.3 Å². The average molecular weight is 150 g/mol. The van der Waals surface area contributed by atoms with E-state index in [-0.39, 0.29) is 11.9 Å². The van der Waals surface area contributed by atoms with Gasteiger partial charge in [0.25, 0.3) is 0 Å². The van der Waals surface area contributed by atoms with Gasteiger partial charge in [0.1, 0.15) is 0 Å². The van der Waals surface area contributed by atoms with Crippen molar-refractivity contribution >= 4 is 5.97 Å². The Bertz CT molecular complexity index is 244. The van der Waals surface area contributed by atoms with Crippen LogP contribution in [0.15, 0.2) is 12.2 Å². The average Bonchev–Trinajstić information content (AvgIpc) is 2.60. The van der Waals surface area contributed by atoms with Gasteiger partial charge < -0.3 is 4.74 Å². The molecule has 0 aromatic heterocycles. The first kappa shape index (κ1) is 5.81. The minimum atomic E-state index is 0.0480. The summed E-state index contributed by atoms with van der Waals surface area (Å²) < 4.78 is 5.02. The lowest BCUT2D eigenvalue weighted by atomic mass is 9.86. The maximum atomic E-state index is 11.2. The van der Waals surface area contributed by atoms with Gasteiger partial charge in [0.2, 0.25) is 0 Å². The number of hydrogen-bond donors (Lipinski definition) is 0. The first-order valence-electron chi connectivity index (χ1n) is 4.21. The van der Waals surface area contributed by atoms with E-state index in [1.165, 1.54) is 6.42 Å². The summed E-state index contributed by atoms with van der Waals surface area (Å²) >= 11 is 0. The SMILES string of the molecule is O=C1OC[C@H]2[C@H]1[C@@H]1C=C[C@H]2C1. The van der Waals surface area contributed by atoms with Gasteiger partial charge in [-0.15, -0.1) is 0 Å². The summed E-state index contributed by atoms with van der Waals surface area (Å²) in [6, 6.07) is 0. The molecule has 1 saturated carbocycles. The van der Waals surface area contributed by atoms with Crippen molar-refractivity contribution in [3.8, 4) is 0 Å². The summed E-state index contributed by atoms with van der Waals surface area (Å²) in [7, 11) is 0. The van der Waals surface area contributed by atoms with E-state index in [1.807, 2.05) is 0 Å². The third-order valence-corrected chi connectivity index (χ3v) is 3.31. The molecule has 2 nitrogen and oxygen atoms in total. The predicted octanol–water partition coefficient (Wildman–Crippen LogP) is 0.982. The largest absolute Gasteiger partial charge is 0.465 e. The molecule has 3 rings (SSSR count). The zero-order valence-corrected chi connectivity index (χ0v) is 6.19. The maximum absolute atomic E-state index is 11.2. The zero-order valence-electron chi connectivity index (χ0n) is 6.19. The Balaban J connectivity index is 2.03. The summed E-state index contributed by atoms with van der Waals surface area (Å²) in [4.78, 5) is 11.2. The van der Waals surface area contributed by atoms with Gasteiger partial charge >= 0.3 is 5.97 Å². The molecule has 0 amide bonds. The van der Waals surface area contributed by atoms with Crippen LogP contribution in [0, 0.1) is 23.7 Å². The quantitative estimate of drug-likeness (QED) is 0.380. The topological polar surface area (TPSA) is 26.3 Å². The van der Waals surface area contributed by atoms with Gasteiger partial charge in [0, 0.05) is 5.92 Å². The first-order chi connectivity index (χ1) is 5.36. The third kappa shape index (κ3) is 0.561. The molecule has 2 bridgehead atoms. The minimum Gasteiger partial charge on any atom is -0.465 e. The predicted molar refractivity (Wildman–Crippen MR) is 38.7 cm³/mol. The highest BCUT2D eigenvalue weighted by atomic mass is 16.5. The lowest BCUT2D eigenvalue weighted by Crippen LogP contribution is -2.19. The Kier molecular flexibility index (Phi) is 0.888. The number of carbonyl (C=O) groups excluding carboxylic acids is 1. The van der Waals surface area contributed by atoms with E-state index < -0.39 is 0 Å². The van der Waals surface area contributed by atoms with Crippen molar-refractivity contribution in [1.82, 2.24) is 0 Å². The molecular formula is C9H10O2. The molecule has 0 spiro atoms. The number of ether oxygens (including phenoxy) is 1. The van der Waals surface area contributed by atoms with Crippen LogP contribution in [0.1, 0.15) is 6.42 Å². The van der Waals surface area contributed by atoms with E-state index in [9.17, 15) is 4.79 Å². The second-order valence-corrected chi connectivity index (χ2v) is 3.77. The smallest absolute Gasteiger partial charge is 0.309 e. The lowest BCUT2D eigenvalue weighted by Gasteiger charge is -2.14. The van der Waals surface area contributed by atoms with Crippen molar-refractivity contribution < 1.29 is 9.53 Å². The molecule has 0 aromatic carbocycles. The number of hydrogen-bond acceptors (Lipinski definition) is 2. The molecule has 0 N–H and O–H groups in total. The fourth-order valence-electron chi connectivity index (χ4n) is 2.78. The van der Waals surface area contributed by atoms with E-state index in [4.69, 9.17) is 4.74 Å². The van der Waals surface area contributed by atoms with Crippen LogP contribution in [-0.2, 0) is 9.53 Å². The van der Waals surface area contributed by atoms with Crippen LogP contribution in [0.4, 0.5) is 0 Å². The van der Waals surface area contributed by atoms with Gasteiger partial charge in [-0.3, -0.25) is 4.79 Å². The summed E-state index contributed by atoms with van der Waals surface area (Å²) in [6.45, 7) is 0.676. The van der Waals surface area contributed by atoms with Gasteiger partial charge in [0.15, 0.2) is 0 Å². The van der Waals surface area contributed by atoms with Crippen molar-refractivity contribution in [2.75, 3.05) is 6.61 Å². The summed E-state index contributed by atoms with van der Waals surface area (Å²) in [5.74, 6) is 1.96. The molecule has 2 heteroatoms. The second-order valence-electron chi connectivity index (χ2n) is 3.77. The molecule has 4 atom stereocenters. The highest BCUT2D eigenvalue weighted by molar-refractivity contribution is 5.76. The van der Waals surface area contributed by atoms with Gasteiger partial charge in [0.05, 0.1) is 12.5 Å². The number of carbonyl (C=O) groups is 1. The first-order valence-corrected chi connectivity index (χ1v) is 4.21. The number of fused-ring (bicyclic) bond motifs is 5. The van der Waals surface area contributed by atoms with Crippen molar-refractivity contribution in [1.29, 1.82) is 0 Å². The Morgan fingerprint density at radius 1 is 1.36 bits per heavy atom. The Morgan fingerprint density at radius 2 is 2.18 bits per heavy atom. The van der Waals surface area contributed by atoms with Crippen LogP contribution in [0.2, 0.25) is 0 Å². The van der Waals surface area contributed by atoms with Crippen LogP contribution in [0.3, 0.4) is 0 Å². The normalized spacial score (nSPS) is 51.5. The van der Waals surface area contributed by atoms with Crippen LogP contribution in [0.25, 0.3) is 0 Å². The Hall–Kier alpha value is -0.790. The molecule has 58 valence electrons. The van der Waals surface area contributed by atoms with E-state index >= 15 is 0 Å². The van der Waals surface area contributed by atoms with E-state index in [1.54, 1.807) is 0 Å². The number of esters is 1.